The van der Waals surface area contributed by atoms with Crippen molar-refractivity contribution >= 4 is 88.4 Å². The molecular weight excluding hydrogens is 841 g/mol. The van der Waals surface area contributed by atoms with Gasteiger partial charge in [0.15, 0.2) is 11.2 Å². The van der Waals surface area contributed by atoms with Gasteiger partial charge in [-0.05, 0) is 92.7 Å². The second-order valence-corrected chi connectivity index (χ2v) is 20.6. The Morgan fingerprint density at radius 1 is 0.391 bits per heavy atom. The quantitative estimate of drug-likeness (QED) is 0.149. The number of anilines is 6. The lowest BCUT2D eigenvalue weighted by molar-refractivity contribution is 0.619. The van der Waals surface area contributed by atoms with Crippen LogP contribution in [-0.4, -0.2) is 0 Å². The lowest BCUT2D eigenvalue weighted by atomic mass is 9.81. The van der Waals surface area contributed by atoms with Gasteiger partial charge in [-0.25, -0.2) is 0 Å². The predicted octanol–water partition coefficient (Wildman–Crippen LogP) is 18.8. The number of fused-ring (bicyclic) bond motifs is 10. The van der Waals surface area contributed by atoms with Crippen molar-refractivity contribution in [3.8, 4) is 22.6 Å². The van der Waals surface area contributed by atoms with Crippen LogP contribution < -0.4 is 9.80 Å². The van der Waals surface area contributed by atoms with Crippen molar-refractivity contribution < 1.29 is 8.83 Å². The largest absolute Gasteiger partial charge is 0.454 e. The SMILES string of the molecule is CC(C)c1cccc(N(c2ccc3ccc4c(N(c5ccccc5)c5cccc6c7c(oc56)-c5ccccc5C7(C)C)ccc5ccc2c3c54)c2cccc3c4c(oc23)-c2ccccc2C4(C)C)c1. The molecule has 2 aliphatic rings. The van der Waals surface area contributed by atoms with Crippen LogP contribution in [-0.2, 0) is 10.8 Å². The molecule has 0 N–H and O–H groups in total. The van der Waals surface area contributed by atoms with E-state index in [4.69, 9.17) is 8.83 Å². The Kier molecular flexibility index (Phi) is 8.25. The molecule has 2 aromatic heterocycles. The summed E-state index contributed by atoms with van der Waals surface area (Å²) in [4.78, 5) is 4.86. The van der Waals surface area contributed by atoms with Crippen molar-refractivity contribution in [2.45, 2.75) is 58.3 Å². The fourth-order valence-corrected chi connectivity index (χ4v) is 12.5. The molecule has 4 nitrogen and oxygen atoms in total. The van der Waals surface area contributed by atoms with Crippen LogP contribution in [0.15, 0.2) is 197 Å². The molecule has 0 aliphatic heterocycles. The molecule has 2 heterocycles. The Labute approximate surface area is 402 Å². The molecule has 332 valence electrons. The van der Waals surface area contributed by atoms with Gasteiger partial charge < -0.3 is 18.6 Å². The molecule has 0 amide bonds. The van der Waals surface area contributed by atoms with Crippen LogP contribution in [0.25, 0.3) is 76.9 Å². The van der Waals surface area contributed by atoms with Crippen LogP contribution in [0.5, 0.6) is 0 Å². The number of hydrogen-bond acceptors (Lipinski definition) is 4. The van der Waals surface area contributed by atoms with E-state index >= 15 is 0 Å². The summed E-state index contributed by atoms with van der Waals surface area (Å²) in [6.45, 7) is 13.9. The first-order valence-corrected chi connectivity index (χ1v) is 24.4. The van der Waals surface area contributed by atoms with Gasteiger partial charge in [-0.3, -0.25) is 0 Å². The fourth-order valence-electron chi connectivity index (χ4n) is 12.5. The van der Waals surface area contributed by atoms with Crippen molar-refractivity contribution in [3.05, 3.63) is 216 Å². The molecular formula is C65H50N2O2. The molecule has 0 radical (unpaired) electrons. The molecule has 0 fully saturated rings. The first-order chi connectivity index (χ1) is 33.6. The van der Waals surface area contributed by atoms with Gasteiger partial charge in [0.05, 0.1) is 22.7 Å². The summed E-state index contributed by atoms with van der Waals surface area (Å²) in [5.41, 5.74) is 16.5. The number of para-hydroxylation sites is 3. The zero-order chi connectivity index (χ0) is 46.5. The highest BCUT2D eigenvalue weighted by molar-refractivity contribution is 6.28. The average molecular weight is 891 g/mol. The van der Waals surface area contributed by atoms with Gasteiger partial charge in [0.1, 0.15) is 11.5 Å². The third-order valence-corrected chi connectivity index (χ3v) is 15.7. The first-order valence-electron chi connectivity index (χ1n) is 24.4. The topological polar surface area (TPSA) is 32.8 Å². The monoisotopic (exact) mass is 890 g/mol. The fraction of sp³-hybridized carbons (Fsp3) is 0.138. The number of furan rings is 2. The van der Waals surface area contributed by atoms with Gasteiger partial charge in [-0.2, -0.15) is 0 Å². The van der Waals surface area contributed by atoms with Crippen LogP contribution in [0.3, 0.4) is 0 Å². The molecule has 0 atom stereocenters. The smallest absolute Gasteiger partial charge is 0.159 e. The van der Waals surface area contributed by atoms with E-state index < -0.39 is 0 Å². The number of hydrogen-bond donors (Lipinski definition) is 0. The summed E-state index contributed by atoms with van der Waals surface area (Å²) in [6.07, 6.45) is 0. The van der Waals surface area contributed by atoms with E-state index in [1.807, 2.05) is 0 Å². The van der Waals surface area contributed by atoms with Crippen LogP contribution in [0.2, 0.25) is 0 Å². The zero-order valence-electron chi connectivity index (χ0n) is 39.7. The molecule has 0 bridgehead atoms. The third-order valence-electron chi connectivity index (χ3n) is 15.7. The summed E-state index contributed by atoms with van der Waals surface area (Å²) in [5.74, 6) is 2.30. The first kappa shape index (κ1) is 40.0. The van der Waals surface area contributed by atoms with E-state index in [0.29, 0.717) is 5.92 Å². The number of benzene rings is 10. The maximum absolute atomic E-state index is 7.18. The lowest BCUT2D eigenvalue weighted by Crippen LogP contribution is -2.15. The summed E-state index contributed by atoms with van der Waals surface area (Å²) < 4.78 is 14.3. The Balaban J connectivity index is 1.01. The van der Waals surface area contributed by atoms with Gasteiger partial charge >= 0.3 is 0 Å². The van der Waals surface area contributed by atoms with Crippen molar-refractivity contribution in [2.24, 2.45) is 0 Å². The molecule has 12 aromatic rings. The van der Waals surface area contributed by atoms with E-state index in [0.717, 1.165) is 67.6 Å². The van der Waals surface area contributed by atoms with Crippen LogP contribution in [0.4, 0.5) is 34.1 Å². The second-order valence-electron chi connectivity index (χ2n) is 20.6. The maximum Gasteiger partial charge on any atom is 0.159 e. The summed E-state index contributed by atoms with van der Waals surface area (Å²) >= 11 is 0. The minimum atomic E-state index is -0.207. The number of nitrogens with zero attached hydrogens (tertiary/aromatic N) is 2. The standard InChI is InChI=1S/C65H50N2O2/c1-38(2)41-17-14-20-43(37-41)67(55-28-16-24-49-59-63(69-61(49)55)45-22-11-13-26-51(45)65(59,5)6)53-36-32-40-29-33-46-52(35-31-39-30-34-47(53)57(40)56(39)46)66(42-18-8-7-9-19-42)54-27-15-23-48-58-62(68-60(48)54)44-21-10-12-25-50(44)64(58,3)4/h7-38H,1-6H3. The average Bonchev–Trinajstić information content (AvgIpc) is 4.09. The van der Waals surface area contributed by atoms with Gasteiger partial charge in [0.25, 0.3) is 0 Å². The van der Waals surface area contributed by atoms with Crippen LogP contribution in [0.1, 0.15) is 75.3 Å². The van der Waals surface area contributed by atoms with Crippen LogP contribution in [0, 0.1) is 0 Å². The Bertz CT molecular complexity index is 4070. The molecule has 0 unspecified atom stereocenters. The molecule has 0 saturated carbocycles. The van der Waals surface area contributed by atoms with Crippen LogP contribution >= 0.6 is 0 Å². The van der Waals surface area contributed by atoms with E-state index in [9.17, 15) is 0 Å². The second kappa shape index (κ2) is 14.2. The van der Waals surface area contributed by atoms with Crippen molar-refractivity contribution in [3.63, 3.8) is 0 Å². The molecule has 0 saturated heterocycles. The highest BCUT2D eigenvalue weighted by Crippen LogP contribution is 2.58. The molecule has 10 aromatic carbocycles. The van der Waals surface area contributed by atoms with Gasteiger partial charge in [0.2, 0.25) is 0 Å². The predicted molar refractivity (Wildman–Crippen MR) is 288 cm³/mol. The third kappa shape index (κ3) is 5.46. The molecule has 14 rings (SSSR count). The lowest BCUT2D eigenvalue weighted by Gasteiger charge is -2.30. The highest BCUT2D eigenvalue weighted by atomic mass is 16.3. The van der Waals surface area contributed by atoms with Crippen molar-refractivity contribution in [1.82, 2.24) is 0 Å². The minimum absolute atomic E-state index is 0.202. The highest BCUT2D eigenvalue weighted by Gasteiger charge is 2.42. The summed E-state index contributed by atoms with van der Waals surface area (Å²) in [5, 5.41) is 9.52. The van der Waals surface area contributed by atoms with Gasteiger partial charge in [-0.1, -0.05) is 181 Å². The molecule has 69 heavy (non-hydrogen) atoms. The van der Waals surface area contributed by atoms with Gasteiger partial charge in [-0.15, -0.1) is 0 Å². The van der Waals surface area contributed by atoms with E-state index in [-0.39, 0.29) is 10.8 Å². The Morgan fingerprint density at radius 3 is 1.36 bits per heavy atom. The molecule has 0 spiro atoms. The Morgan fingerprint density at radius 2 is 0.841 bits per heavy atom. The van der Waals surface area contributed by atoms with Crippen molar-refractivity contribution in [2.75, 3.05) is 9.80 Å². The van der Waals surface area contributed by atoms with Gasteiger partial charge in [0, 0.05) is 66.0 Å². The van der Waals surface area contributed by atoms with E-state index in [1.54, 1.807) is 0 Å². The molecule has 2 aliphatic carbocycles. The van der Waals surface area contributed by atoms with E-state index in [1.165, 1.54) is 71.3 Å². The number of rotatable bonds is 7. The molecule has 4 heteroatoms. The summed E-state index contributed by atoms with van der Waals surface area (Å²) in [7, 11) is 0. The van der Waals surface area contributed by atoms with Crippen molar-refractivity contribution in [1.29, 1.82) is 0 Å². The van der Waals surface area contributed by atoms with E-state index in [2.05, 4.69) is 239 Å². The Hall–Kier alpha value is -8.08. The summed E-state index contributed by atoms with van der Waals surface area (Å²) in [6, 6.07) is 69.1. The zero-order valence-corrected chi connectivity index (χ0v) is 39.7. The maximum atomic E-state index is 7.18. The normalized spacial score (nSPS) is 14.3. The minimum Gasteiger partial charge on any atom is -0.454 e.